The number of nitrogens with one attached hydrogen (secondary N) is 2. The zero-order valence-electron chi connectivity index (χ0n) is 10.3. The lowest BCUT2D eigenvalue weighted by atomic mass is 10.5. The van der Waals surface area contributed by atoms with E-state index in [0.29, 0.717) is 0 Å². The van der Waals surface area contributed by atoms with E-state index in [9.17, 15) is 18.0 Å². The van der Waals surface area contributed by atoms with Gasteiger partial charge in [0.1, 0.15) is 0 Å². The third-order valence-electron chi connectivity index (χ3n) is 2.06. The van der Waals surface area contributed by atoms with Crippen molar-refractivity contribution >= 4 is 22.0 Å². The summed E-state index contributed by atoms with van der Waals surface area (Å²) in [5, 5.41) is 25.1. The van der Waals surface area contributed by atoms with Gasteiger partial charge in [0.15, 0.2) is 5.69 Å². The summed E-state index contributed by atoms with van der Waals surface area (Å²) in [4.78, 5) is 21.8. The molecule has 0 aliphatic rings. The molecular weight excluding hydrogens is 292 g/mol. The third kappa shape index (κ3) is 6.10. The molecule has 0 spiro atoms. The number of nitrogens with two attached hydrogens (primary N) is 1. The van der Waals surface area contributed by atoms with Gasteiger partial charge in [-0.3, -0.25) is 0 Å². The number of carboxylic acid groups (broad SMARTS) is 1. The Hall–Kier alpha value is -2.21. The molecule has 0 aromatic carbocycles. The Labute approximate surface area is 114 Å². The predicted octanol–water partition coefficient (Wildman–Crippen LogP) is -2.44. The number of nitrogens with zero attached hydrogens (tertiary/aromatic N) is 3. The van der Waals surface area contributed by atoms with Crippen molar-refractivity contribution in [1.82, 2.24) is 25.6 Å². The van der Waals surface area contributed by atoms with Gasteiger partial charge in [0.05, 0.1) is 18.5 Å². The fraction of sp³-hybridized carbons (Fsp3) is 0.500. The molecular formula is C8H14N6O5S. The maximum atomic E-state index is 11.2. The van der Waals surface area contributed by atoms with Crippen molar-refractivity contribution in [2.24, 2.45) is 5.14 Å². The van der Waals surface area contributed by atoms with Crippen molar-refractivity contribution in [3.63, 3.8) is 0 Å². The highest BCUT2D eigenvalue weighted by atomic mass is 32.2. The fourth-order valence-corrected chi connectivity index (χ4v) is 1.55. The molecule has 0 unspecified atom stereocenters. The molecule has 0 radical (unpaired) electrons. The van der Waals surface area contributed by atoms with Gasteiger partial charge in [-0.15, -0.1) is 5.10 Å². The molecule has 2 amide bonds. The number of primary sulfonamides is 1. The highest BCUT2D eigenvalue weighted by molar-refractivity contribution is 7.89. The number of aromatic nitrogens is 3. The zero-order valence-corrected chi connectivity index (χ0v) is 11.1. The first kappa shape index (κ1) is 15.8. The average Bonchev–Trinajstić information content (AvgIpc) is 2.76. The normalized spacial score (nSPS) is 11.1. The quantitative estimate of drug-likeness (QED) is 0.433. The average molecular weight is 306 g/mol. The second-order valence-electron chi connectivity index (χ2n) is 3.72. The van der Waals surface area contributed by atoms with Crippen LogP contribution in [-0.4, -0.2) is 59.4 Å². The molecule has 0 atom stereocenters. The molecule has 20 heavy (non-hydrogen) atoms. The number of carbonyl (C=O) groups is 2. The summed E-state index contributed by atoms with van der Waals surface area (Å²) in [5.41, 5.74) is -0.192. The molecule has 1 aromatic heterocycles. The van der Waals surface area contributed by atoms with Crippen LogP contribution in [0, 0.1) is 0 Å². The molecule has 0 aliphatic carbocycles. The Balaban J connectivity index is 2.23. The fourth-order valence-electron chi connectivity index (χ4n) is 1.16. The van der Waals surface area contributed by atoms with Gasteiger partial charge in [-0.2, -0.15) is 0 Å². The number of carbonyl (C=O) groups excluding carboxylic acids is 1. The molecule has 1 rings (SSSR count). The molecule has 0 fully saturated rings. The highest BCUT2D eigenvalue weighted by Gasteiger charge is 2.08. The first-order chi connectivity index (χ1) is 9.28. The monoisotopic (exact) mass is 306 g/mol. The Morgan fingerprint density at radius 1 is 1.35 bits per heavy atom. The number of carboxylic acids is 1. The second-order valence-corrected chi connectivity index (χ2v) is 5.46. The van der Waals surface area contributed by atoms with Gasteiger partial charge < -0.3 is 15.7 Å². The van der Waals surface area contributed by atoms with E-state index in [0.717, 1.165) is 0 Å². The minimum Gasteiger partial charge on any atom is -0.476 e. The van der Waals surface area contributed by atoms with Crippen LogP contribution in [0.25, 0.3) is 0 Å². The van der Waals surface area contributed by atoms with E-state index in [2.05, 4.69) is 20.9 Å². The van der Waals surface area contributed by atoms with Crippen molar-refractivity contribution in [2.45, 2.75) is 6.54 Å². The lowest BCUT2D eigenvalue weighted by Gasteiger charge is -2.06. The number of sulfonamides is 1. The van der Waals surface area contributed by atoms with Gasteiger partial charge in [-0.05, 0) is 0 Å². The van der Waals surface area contributed by atoms with E-state index in [-0.39, 0.29) is 31.1 Å². The van der Waals surface area contributed by atoms with E-state index >= 15 is 0 Å². The van der Waals surface area contributed by atoms with Crippen LogP contribution < -0.4 is 15.8 Å². The van der Waals surface area contributed by atoms with Crippen molar-refractivity contribution < 1.29 is 23.1 Å². The molecule has 0 saturated heterocycles. The largest absolute Gasteiger partial charge is 0.476 e. The van der Waals surface area contributed by atoms with E-state index in [1.54, 1.807) is 0 Å². The van der Waals surface area contributed by atoms with Crippen molar-refractivity contribution in [3.05, 3.63) is 11.9 Å². The van der Waals surface area contributed by atoms with Gasteiger partial charge in [0, 0.05) is 13.1 Å². The van der Waals surface area contributed by atoms with E-state index in [1.807, 2.05) is 0 Å². The number of urea groups is 1. The lowest BCUT2D eigenvalue weighted by Crippen LogP contribution is -2.40. The Morgan fingerprint density at radius 2 is 2.00 bits per heavy atom. The molecule has 112 valence electrons. The summed E-state index contributed by atoms with van der Waals surface area (Å²) in [5.74, 6) is -1.55. The number of aromatic carboxylic acids is 1. The zero-order chi connectivity index (χ0) is 15.2. The minimum absolute atomic E-state index is 0.100. The van der Waals surface area contributed by atoms with Crippen LogP contribution in [0.1, 0.15) is 10.5 Å². The molecule has 0 aliphatic heterocycles. The lowest BCUT2D eigenvalue weighted by molar-refractivity contribution is 0.0690. The van der Waals surface area contributed by atoms with E-state index in [4.69, 9.17) is 10.2 Å². The maximum Gasteiger partial charge on any atom is 0.358 e. The topological polar surface area (TPSA) is 169 Å². The second kappa shape index (κ2) is 6.81. The maximum absolute atomic E-state index is 11.2. The van der Waals surface area contributed by atoms with Crippen LogP contribution in [0.4, 0.5) is 4.79 Å². The summed E-state index contributed by atoms with van der Waals surface area (Å²) < 4.78 is 22.5. The number of hydrogen-bond donors (Lipinski definition) is 4. The SMILES string of the molecule is NS(=O)(=O)CCNC(=O)NCCn1cc(C(=O)O)nn1. The Kier molecular flexibility index (Phi) is 5.40. The van der Waals surface area contributed by atoms with Crippen LogP contribution >= 0.6 is 0 Å². The summed E-state index contributed by atoms with van der Waals surface area (Å²) in [6.07, 6.45) is 1.23. The Bertz CT molecular complexity index is 582. The Morgan fingerprint density at radius 3 is 2.55 bits per heavy atom. The van der Waals surface area contributed by atoms with Gasteiger partial charge in [-0.25, -0.2) is 27.8 Å². The predicted molar refractivity (Wildman–Crippen MR) is 66.4 cm³/mol. The first-order valence-electron chi connectivity index (χ1n) is 5.43. The molecule has 1 aromatic rings. The molecule has 0 bridgehead atoms. The van der Waals surface area contributed by atoms with Gasteiger partial charge >= 0.3 is 12.0 Å². The van der Waals surface area contributed by atoms with E-state index < -0.39 is 22.0 Å². The summed E-state index contributed by atoms with van der Waals surface area (Å²) >= 11 is 0. The molecule has 11 nitrogen and oxygen atoms in total. The van der Waals surface area contributed by atoms with Crippen molar-refractivity contribution in [3.8, 4) is 0 Å². The molecule has 5 N–H and O–H groups in total. The van der Waals surface area contributed by atoms with Gasteiger partial charge in [-0.1, -0.05) is 5.21 Å². The van der Waals surface area contributed by atoms with Crippen LogP contribution in [0.5, 0.6) is 0 Å². The molecule has 1 heterocycles. The van der Waals surface area contributed by atoms with Crippen LogP contribution in [0.15, 0.2) is 6.20 Å². The molecule has 12 heteroatoms. The van der Waals surface area contributed by atoms with Crippen LogP contribution in [0.3, 0.4) is 0 Å². The minimum atomic E-state index is -3.61. The smallest absolute Gasteiger partial charge is 0.358 e. The number of hydrogen-bond acceptors (Lipinski definition) is 6. The third-order valence-corrected chi connectivity index (χ3v) is 2.83. The standard InChI is InChI=1S/C8H14N6O5S/c9-20(18,19)4-2-11-8(17)10-1-3-14-5-6(7(15)16)12-13-14/h5H,1-4H2,(H,15,16)(H2,9,18,19)(H2,10,11,17). The number of amides is 2. The summed E-state index contributed by atoms with van der Waals surface area (Å²) in [6, 6.07) is -0.563. The van der Waals surface area contributed by atoms with Gasteiger partial charge in [0.25, 0.3) is 0 Å². The van der Waals surface area contributed by atoms with E-state index in [1.165, 1.54) is 10.9 Å². The summed E-state index contributed by atoms with van der Waals surface area (Å²) in [6.45, 7) is 0.295. The van der Waals surface area contributed by atoms with Gasteiger partial charge in [0.2, 0.25) is 10.0 Å². The molecule has 0 saturated carbocycles. The summed E-state index contributed by atoms with van der Waals surface area (Å²) in [7, 11) is -3.61. The van der Waals surface area contributed by atoms with Crippen LogP contribution in [-0.2, 0) is 16.6 Å². The first-order valence-corrected chi connectivity index (χ1v) is 7.15. The van der Waals surface area contributed by atoms with Crippen molar-refractivity contribution in [1.29, 1.82) is 0 Å². The highest BCUT2D eigenvalue weighted by Crippen LogP contribution is 1.91. The number of rotatable bonds is 7. The van der Waals surface area contributed by atoms with Crippen LogP contribution in [0.2, 0.25) is 0 Å². The van der Waals surface area contributed by atoms with Crippen molar-refractivity contribution in [2.75, 3.05) is 18.8 Å².